The lowest BCUT2D eigenvalue weighted by Gasteiger charge is -2.10. The second-order valence-electron chi connectivity index (χ2n) is 5.37. The van der Waals surface area contributed by atoms with Crippen LogP contribution in [-0.4, -0.2) is 31.1 Å². The summed E-state index contributed by atoms with van der Waals surface area (Å²) in [6.45, 7) is 3.99. The van der Waals surface area contributed by atoms with Gasteiger partial charge in [-0.2, -0.15) is 0 Å². The first-order valence-corrected chi connectivity index (χ1v) is 8.38. The van der Waals surface area contributed by atoms with Crippen LogP contribution < -0.4 is 5.32 Å². The SMILES string of the molecule is Cc1[nH]c2ccc(C(=O)NC3C=CS(=O)(=O)C3)cc2c1C. The van der Waals surface area contributed by atoms with Crippen LogP contribution >= 0.6 is 0 Å². The highest BCUT2D eigenvalue weighted by molar-refractivity contribution is 7.94. The molecule has 110 valence electrons. The van der Waals surface area contributed by atoms with E-state index < -0.39 is 15.9 Å². The minimum Gasteiger partial charge on any atom is -0.358 e. The average Bonchev–Trinajstić information content (AvgIpc) is 2.90. The maximum absolute atomic E-state index is 12.2. The predicted octanol–water partition coefficient (Wildman–Crippen LogP) is 1.83. The van der Waals surface area contributed by atoms with E-state index in [4.69, 9.17) is 0 Å². The van der Waals surface area contributed by atoms with Gasteiger partial charge in [0.05, 0.1) is 11.8 Å². The molecule has 1 aromatic carbocycles. The molecule has 1 aromatic heterocycles. The molecule has 5 nitrogen and oxygen atoms in total. The number of H-pyrrole nitrogens is 1. The lowest BCUT2D eigenvalue weighted by Crippen LogP contribution is -2.35. The van der Waals surface area contributed by atoms with Crippen molar-refractivity contribution in [2.45, 2.75) is 19.9 Å². The number of carbonyl (C=O) groups excluding carboxylic acids is 1. The Labute approximate surface area is 123 Å². The lowest BCUT2D eigenvalue weighted by molar-refractivity contribution is 0.0948. The van der Waals surface area contributed by atoms with Gasteiger partial charge in [-0.15, -0.1) is 0 Å². The number of nitrogens with one attached hydrogen (secondary N) is 2. The number of benzene rings is 1. The number of aryl methyl sites for hydroxylation is 2. The van der Waals surface area contributed by atoms with Gasteiger partial charge in [0.1, 0.15) is 0 Å². The smallest absolute Gasteiger partial charge is 0.251 e. The summed E-state index contributed by atoms with van der Waals surface area (Å²) < 4.78 is 22.7. The van der Waals surface area contributed by atoms with Crippen molar-refractivity contribution in [3.63, 3.8) is 0 Å². The van der Waals surface area contributed by atoms with Crippen molar-refractivity contribution >= 4 is 26.6 Å². The molecule has 1 aliphatic heterocycles. The van der Waals surface area contributed by atoms with E-state index in [2.05, 4.69) is 10.3 Å². The number of rotatable bonds is 2. The number of carbonyl (C=O) groups is 1. The van der Waals surface area contributed by atoms with E-state index in [-0.39, 0.29) is 11.7 Å². The maximum atomic E-state index is 12.2. The molecule has 2 heterocycles. The van der Waals surface area contributed by atoms with Crippen molar-refractivity contribution in [3.05, 3.63) is 46.5 Å². The molecular formula is C15H16N2O3S. The molecule has 0 fully saturated rings. The second kappa shape index (κ2) is 4.73. The largest absolute Gasteiger partial charge is 0.358 e. The molecule has 6 heteroatoms. The Morgan fingerprint density at radius 3 is 2.76 bits per heavy atom. The fourth-order valence-corrected chi connectivity index (χ4v) is 3.76. The molecule has 0 radical (unpaired) electrons. The van der Waals surface area contributed by atoms with Crippen molar-refractivity contribution in [3.8, 4) is 0 Å². The first-order valence-electron chi connectivity index (χ1n) is 6.66. The van der Waals surface area contributed by atoms with Crippen LogP contribution in [0.4, 0.5) is 0 Å². The summed E-state index contributed by atoms with van der Waals surface area (Å²) in [7, 11) is -3.16. The third-order valence-corrected chi connectivity index (χ3v) is 5.21. The van der Waals surface area contributed by atoms with Gasteiger partial charge in [0.2, 0.25) is 0 Å². The Balaban J connectivity index is 1.85. The number of hydrogen-bond donors (Lipinski definition) is 2. The van der Waals surface area contributed by atoms with Crippen LogP contribution in [0.25, 0.3) is 10.9 Å². The predicted molar refractivity (Wildman–Crippen MR) is 82.0 cm³/mol. The second-order valence-corrected chi connectivity index (χ2v) is 7.30. The Morgan fingerprint density at radius 2 is 2.10 bits per heavy atom. The molecule has 1 unspecified atom stereocenters. The van der Waals surface area contributed by atoms with Gasteiger partial charge in [-0.25, -0.2) is 8.42 Å². The van der Waals surface area contributed by atoms with E-state index in [1.807, 2.05) is 26.0 Å². The minimum absolute atomic E-state index is 0.0662. The molecule has 0 spiro atoms. The molecular weight excluding hydrogens is 288 g/mol. The summed E-state index contributed by atoms with van der Waals surface area (Å²) in [5, 5.41) is 4.89. The minimum atomic E-state index is -3.16. The Kier molecular flexibility index (Phi) is 3.13. The van der Waals surface area contributed by atoms with Gasteiger partial charge in [-0.05, 0) is 43.7 Å². The van der Waals surface area contributed by atoms with Crippen molar-refractivity contribution in [2.24, 2.45) is 0 Å². The van der Waals surface area contributed by atoms with E-state index in [1.54, 1.807) is 6.07 Å². The van der Waals surface area contributed by atoms with Gasteiger partial charge in [0, 0.05) is 27.6 Å². The highest BCUT2D eigenvalue weighted by Gasteiger charge is 2.23. The van der Waals surface area contributed by atoms with Gasteiger partial charge in [-0.1, -0.05) is 0 Å². The summed E-state index contributed by atoms with van der Waals surface area (Å²) in [6.07, 6.45) is 1.51. The standard InChI is InChI=1S/C15H16N2O3S/c1-9-10(2)16-14-4-3-11(7-13(9)14)15(18)17-12-5-6-21(19,20)8-12/h3-7,12,16H,8H2,1-2H3,(H,17,18). The van der Waals surface area contributed by atoms with Gasteiger partial charge >= 0.3 is 0 Å². The molecule has 0 saturated heterocycles. The molecule has 3 rings (SSSR count). The molecule has 0 saturated carbocycles. The molecule has 2 N–H and O–H groups in total. The first kappa shape index (κ1) is 13.9. The number of aromatic amines is 1. The normalized spacial score (nSPS) is 20.0. The fraction of sp³-hybridized carbons (Fsp3) is 0.267. The maximum Gasteiger partial charge on any atom is 0.251 e. The van der Waals surface area contributed by atoms with Crippen LogP contribution in [0.3, 0.4) is 0 Å². The Morgan fingerprint density at radius 1 is 1.33 bits per heavy atom. The lowest BCUT2D eigenvalue weighted by atomic mass is 10.1. The number of amides is 1. The number of sulfone groups is 1. The highest BCUT2D eigenvalue weighted by Crippen LogP contribution is 2.22. The average molecular weight is 304 g/mol. The number of aromatic nitrogens is 1. The Bertz CT molecular complexity index is 862. The van der Waals surface area contributed by atoms with E-state index in [0.29, 0.717) is 5.56 Å². The molecule has 1 amide bonds. The van der Waals surface area contributed by atoms with Crippen molar-refractivity contribution < 1.29 is 13.2 Å². The third kappa shape index (κ3) is 2.58. The summed E-state index contributed by atoms with van der Waals surface area (Å²) in [6, 6.07) is 4.98. The molecule has 21 heavy (non-hydrogen) atoms. The zero-order chi connectivity index (χ0) is 15.2. The van der Waals surface area contributed by atoms with Crippen molar-refractivity contribution in [2.75, 3.05) is 5.75 Å². The van der Waals surface area contributed by atoms with Crippen LogP contribution in [0.2, 0.25) is 0 Å². The molecule has 0 bridgehead atoms. The molecule has 1 atom stereocenters. The van der Waals surface area contributed by atoms with E-state index in [1.165, 1.54) is 6.08 Å². The van der Waals surface area contributed by atoms with Crippen LogP contribution in [0, 0.1) is 13.8 Å². The van der Waals surface area contributed by atoms with Crippen LogP contribution in [-0.2, 0) is 9.84 Å². The van der Waals surface area contributed by atoms with Crippen molar-refractivity contribution in [1.29, 1.82) is 0 Å². The van der Waals surface area contributed by atoms with Gasteiger partial charge in [-0.3, -0.25) is 4.79 Å². The topological polar surface area (TPSA) is 79.0 Å². The summed E-state index contributed by atoms with van der Waals surface area (Å²) in [4.78, 5) is 15.5. The fourth-order valence-electron chi connectivity index (χ4n) is 2.52. The van der Waals surface area contributed by atoms with E-state index >= 15 is 0 Å². The van der Waals surface area contributed by atoms with Crippen LogP contribution in [0.5, 0.6) is 0 Å². The Hall–Kier alpha value is -2.08. The molecule has 2 aromatic rings. The number of fused-ring (bicyclic) bond motifs is 1. The van der Waals surface area contributed by atoms with E-state index in [9.17, 15) is 13.2 Å². The van der Waals surface area contributed by atoms with Gasteiger partial charge < -0.3 is 10.3 Å². The monoisotopic (exact) mass is 304 g/mol. The zero-order valence-corrected chi connectivity index (χ0v) is 12.6. The first-order chi connectivity index (χ1) is 9.85. The molecule has 1 aliphatic rings. The summed E-state index contributed by atoms with van der Waals surface area (Å²) >= 11 is 0. The van der Waals surface area contributed by atoms with Crippen LogP contribution in [0.1, 0.15) is 21.6 Å². The third-order valence-electron chi connectivity index (χ3n) is 3.82. The summed E-state index contributed by atoms with van der Waals surface area (Å²) in [5.41, 5.74) is 3.71. The van der Waals surface area contributed by atoms with Gasteiger partial charge in [0.15, 0.2) is 9.84 Å². The molecule has 0 aliphatic carbocycles. The quantitative estimate of drug-likeness (QED) is 0.888. The van der Waals surface area contributed by atoms with Crippen LogP contribution in [0.15, 0.2) is 29.7 Å². The zero-order valence-electron chi connectivity index (χ0n) is 11.8. The van der Waals surface area contributed by atoms with Gasteiger partial charge in [0.25, 0.3) is 5.91 Å². The highest BCUT2D eigenvalue weighted by atomic mass is 32.2. The number of hydrogen-bond acceptors (Lipinski definition) is 3. The van der Waals surface area contributed by atoms with Crippen molar-refractivity contribution in [1.82, 2.24) is 10.3 Å². The van der Waals surface area contributed by atoms with E-state index in [0.717, 1.165) is 27.6 Å². The summed E-state index contributed by atoms with van der Waals surface area (Å²) in [5.74, 6) is -0.328.